The van der Waals surface area contributed by atoms with Crippen LogP contribution in [-0.2, 0) is 6.54 Å². The number of benzene rings is 2. The van der Waals surface area contributed by atoms with Crippen LogP contribution in [0.3, 0.4) is 0 Å². The Morgan fingerprint density at radius 1 is 1.00 bits per heavy atom. The van der Waals surface area contributed by atoms with E-state index in [-0.39, 0.29) is 12.4 Å². The highest BCUT2D eigenvalue weighted by Crippen LogP contribution is 2.46. The number of nitrogens with zero attached hydrogens (tertiary/aromatic N) is 1. The number of allylic oxidation sites excluding steroid dienone is 1. The van der Waals surface area contributed by atoms with Crippen molar-refractivity contribution in [3.05, 3.63) is 87.4 Å². The van der Waals surface area contributed by atoms with Gasteiger partial charge in [0.05, 0.1) is 0 Å². The molecule has 0 amide bonds. The number of thioether (sulfide) groups is 1. The molecule has 0 bridgehead atoms. The zero-order valence-corrected chi connectivity index (χ0v) is 14.5. The van der Waals surface area contributed by atoms with Crippen LogP contribution in [0, 0.1) is 0 Å². The quantitative estimate of drug-likeness (QED) is 0.773. The number of hydrogen-bond donors (Lipinski definition) is 2. The van der Waals surface area contributed by atoms with E-state index in [9.17, 15) is 10.2 Å². The van der Waals surface area contributed by atoms with E-state index in [0.717, 1.165) is 21.2 Å². The third kappa shape index (κ3) is 3.50. The fourth-order valence-corrected chi connectivity index (χ4v) is 3.94. The van der Waals surface area contributed by atoms with E-state index in [1.807, 2.05) is 55.5 Å². The fourth-order valence-electron chi connectivity index (χ4n) is 2.73. The van der Waals surface area contributed by atoms with Crippen LogP contribution in [0.4, 0.5) is 0 Å². The summed E-state index contributed by atoms with van der Waals surface area (Å²) in [4.78, 5) is 3.23. The van der Waals surface area contributed by atoms with Crippen molar-refractivity contribution in [2.45, 2.75) is 19.9 Å². The topological polar surface area (TPSA) is 43.7 Å². The molecule has 0 aromatic heterocycles. The first-order valence-corrected chi connectivity index (χ1v) is 8.81. The van der Waals surface area contributed by atoms with Crippen molar-refractivity contribution in [1.29, 1.82) is 0 Å². The summed E-state index contributed by atoms with van der Waals surface area (Å²) in [7, 11) is 0. The van der Waals surface area contributed by atoms with Gasteiger partial charge >= 0.3 is 0 Å². The molecule has 1 aliphatic heterocycles. The van der Waals surface area contributed by atoms with Gasteiger partial charge in [0.15, 0.2) is 5.76 Å². The van der Waals surface area contributed by atoms with E-state index >= 15 is 0 Å². The molecule has 2 aromatic rings. The Hall–Kier alpha value is -2.17. The Bertz CT molecular complexity index is 754. The van der Waals surface area contributed by atoms with Crippen molar-refractivity contribution in [1.82, 2.24) is 4.90 Å². The highest BCUT2D eigenvalue weighted by atomic mass is 32.2. The summed E-state index contributed by atoms with van der Waals surface area (Å²) in [6.07, 6.45) is 0.605. The van der Waals surface area contributed by atoms with Gasteiger partial charge in [0.2, 0.25) is 0 Å². The predicted molar refractivity (Wildman–Crippen MR) is 100.0 cm³/mol. The van der Waals surface area contributed by atoms with Crippen molar-refractivity contribution >= 4 is 17.5 Å². The maximum atomic E-state index is 10.8. The van der Waals surface area contributed by atoms with Crippen LogP contribution < -0.4 is 0 Å². The van der Waals surface area contributed by atoms with Crippen molar-refractivity contribution in [2.75, 3.05) is 6.61 Å². The second-order valence-corrected chi connectivity index (χ2v) is 6.76. The lowest BCUT2D eigenvalue weighted by molar-refractivity contribution is 0.300. The van der Waals surface area contributed by atoms with Gasteiger partial charge in [0.1, 0.15) is 5.03 Å². The van der Waals surface area contributed by atoms with Crippen molar-refractivity contribution in [2.24, 2.45) is 0 Å². The normalized spacial score (nSPS) is 16.7. The average Bonchev–Trinajstić information content (AvgIpc) is 2.93. The van der Waals surface area contributed by atoms with E-state index < -0.39 is 0 Å². The molecule has 24 heavy (non-hydrogen) atoms. The van der Waals surface area contributed by atoms with Gasteiger partial charge in [-0.05, 0) is 12.5 Å². The van der Waals surface area contributed by atoms with Crippen LogP contribution in [0.5, 0.6) is 0 Å². The smallest absolute Gasteiger partial charge is 0.153 e. The molecule has 1 heterocycles. The molecule has 3 rings (SSSR count). The first-order chi connectivity index (χ1) is 11.7. The van der Waals surface area contributed by atoms with E-state index in [0.29, 0.717) is 13.0 Å². The van der Waals surface area contributed by atoms with E-state index in [2.05, 4.69) is 17.0 Å². The third-order valence-corrected chi connectivity index (χ3v) is 5.40. The van der Waals surface area contributed by atoms with Crippen molar-refractivity contribution < 1.29 is 10.2 Å². The molecule has 124 valence electrons. The Balaban J connectivity index is 1.98. The van der Waals surface area contributed by atoms with Gasteiger partial charge in [-0.3, -0.25) is 0 Å². The molecule has 0 fully saturated rings. The summed E-state index contributed by atoms with van der Waals surface area (Å²) in [5.41, 5.74) is 3.08. The van der Waals surface area contributed by atoms with Gasteiger partial charge in [0, 0.05) is 35.7 Å². The number of rotatable bonds is 5. The molecule has 2 aromatic carbocycles. The molecule has 3 nitrogen and oxygen atoms in total. The lowest BCUT2D eigenvalue weighted by atomic mass is 10.1. The Kier molecular flexibility index (Phi) is 5.28. The Labute approximate surface area is 146 Å². The maximum Gasteiger partial charge on any atom is 0.153 e. The first-order valence-electron chi connectivity index (χ1n) is 7.99. The molecule has 0 aliphatic carbocycles. The third-order valence-electron chi connectivity index (χ3n) is 4.05. The van der Waals surface area contributed by atoms with Crippen LogP contribution in [0.2, 0.25) is 0 Å². The first kappa shape index (κ1) is 16.7. The standard InChI is InChI=1S/C20H21NO2S/c1-15-18(12-13-22)24-20(19(23)17-10-6-3-7-11-17)21(15)14-16-8-4-2-5-9-16/h2-11,22-23H,12-14H2,1H3/b20-19+. The molecule has 0 spiro atoms. The zero-order chi connectivity index (χ0) is 16.9. The summed E-state index contributed by atoms with van der Waals surface area (Å²) in [5, 5.41) is 20.9. The highest BCUT2D eigenvalue weighted by molar-refractivity contribution is 8.07. The maximum absolute atomic E-state index is 10.8. The Morgan fingerprint density at radius 2 is 1.62 bits per heavy atom. The second kappa shape index (κ2) is 7.60. The lowest BCUT2D eigenvalue weighted by Crippen LogP contribution is -2.17. The van der Waals surface area contributed by atoms with Crippen LogP contribution in [0.1, 0.15) is 24.5 Å². The molecular formula is C20H21NO2S. The molecule has 0 atom stereocenters. The molecule has 0 saturated heterocycles. The highest BCUT2D eigenvalue weighted by Gasteiger charge is 2.28. The van der Waals surface area contributed by atoms with Gasteiger partial charge in [-0.1, -0.05) is 72.4 Å². The minimum atomic E-state index is 0.109. The van der Waals surface area contributed by atoms with Crippen molar-refractivity contribution in [3.8, 4) is 0 Å². The molecule has 2 N–H and O–H groups in total. The number of hydrogen-bond acceptors (Lipinski definition) is 4. The SMILES string of the molecule is CC1=C(CCO)S/C(=C(/O)c2ccccc2)N1Cc1ccccc1. The zero-order valence-electron chi connectivity index (χ0n) is 13.6. The predicted octanol–water partition coefficient (Wildman–Crippen LogP) is 4.73. The molecular weight excluding hydrogens is 318 g/mol. The largest absolute Gasteiger partial charge is 0.505 e. The summed E-state index contributed by atoms with van der Waals surface area (Å²) in [5.74, 6) is 0.281. The summed E-state index contributed by atoms with van der Waals surface area (Å²) < 4.78 is 0. The molecule has 0 radical (unpaired) electrons. The fraction of sp³-hybridized carbons (Fsp3) is 0.200. The van der Waals surface area contributed by atoms with E-state index in [1.165, 1.54) is 5.56 Å². The second-order valence-electron chi connectivity index (χ2n) is 5.68. The molecule has 4 heteroatoms. The summed E-state index contributed by atoms with van der Waals surface area (Å²) in [6.45, 7) is 2.85. The van der Waals surface area contributed by atoms with Crippen LogP contribution in [-0.4, -0.2) is 21.7 Å². The van der Waals surface area contributed by atoms with E-state index in [4.69, 9.17) is 0 Å². The molecule has 0 unspecified atom stereocenters. The summed E-state index contributed by atoms with van der Waals surface area (Å²) in [6, 6.07) is 19.8. The van der Waals surface area contributed by atoms with Gasteiger partial charge in [0.25, 0.3) is 0 Å². The van der Waals surface area contributed by atoms with Crippen LogP contribution in [0.15, 0.2) is 76.3 Å². The minimum Gasteiger partial charge on any atom is -0.505 e. The minimum absolute atomic E-state index is 0.109. The van der Waals surface area contributed by atoms with Gasteiger partial charge in [-0.2, -0.15) is 0 Å². The van der Waals surface area contributed by atoms with Crippen LogP contribution >= 0.6 is 11.8 Å². The average molecular weight is 339 g/mol. The molecule has 1 aliphatic rings. The van der Waals surface area contributed by atoms with Crippen molar-refractivity contribution in [3.63, 3.8) is 0 Å². The van der Waals surface area contributed by atoms with Gasteiger partial charge < -0.3 is 15.1 Å². The monoisotopic (exact) mass is 339 g/mol. The Morgan fingerprint density at radius 3 is 2.25 bits per heavy atom. The van der Waals surface area contributed by atoms with Crippen LogP contribution in [0.25, 0.3) is 5.76 Å². The summed E-state index contributed by atoms with van der Waals surface area (Å²) >= 11 is 1.55. The number of aliphatic hydroxyl groups is 2. The van der Waals surface area contributed by atoms with Gasteiger partial charge in [-0.25, -0.2) is 0 Å². The number of aliphatic hydroxyl groups excluding tert-OH is 2. The van der Waals surface area contributed by atoms with E-state index in [1.54, 1.807) is 11.8 Å². The molecule has 0 saturated carbocycles. The van der Waals surface area contributed by atoms with Gasteiger partial charge in [-0.15, -0.1) is 0 Å². The lowest BCUT2D eigenvalue weighted by Gasteiger charge is -2.22.